The van der Waals surface area contributed by atoms with Crippen LogP contribution in [0.1, 0.15) is 46.0 Å². The van der Waals surface area contributed by atoms with Gasteiger partial charge in [-0.25, -0.2) is 9.78 Å². The van der Waals surface area contributed by atoms with Crippen molar-refractivity contribution in [1.29, 1.82) is 0 Å². The zero-order chi connectivity index (χ0) is 15.2. The Kier molecular flexibility index (Phi) is 5.46. The van der Waals surface area contributed by atoms with Gasteiger partial charge in [-0.2, -0.15) is 0 Å². The lowest BCUT2D eigenvalue weighted by Crippen LogP contribution is -2.11. The average molecular weight is 324 g/mol. The molecule has 5 nitrogen and oxygen atoms in total. The van der Waals surface area contributed by atoms with Crippen molar-refractivity contribution in [2.24, 2.45) is 0 Å². The average Bonchev–Trinajstić information content (AvgIpc) is 3.09. The molecule has 112 valence electrons. The monoisotopic (exact) mass is 324 g/mol. The van der Waals surface area contributed by atoms with Crippen LogP contribution >= 0.6 is 22.7 Å². The summed E-state index contributed by atoms with van der Waals surface area (Å²) in [6.45, 7) is 4.14. The number of carbonyl (C=O) groups is 2. The Morgan fingerprint density at radius 1 is 1.29 bits per heavy atom. The predicted octanol–water partition coefficient (Wildman–Crippen LogP) is 3.59. The summed E-state index contributed by atoms with van der Waals surface area (Å²) < 4.78 is 4.86. The summed E-state index contributed by atoms with van der Waals surface area (Å²) >= 11 is 2.78. The second-order valence-electron chi connectivity index (χ2n) is 4.26. The van der Waals surface area contributed by atoms with E-state index in [0.29, 0.717) is 17.3 Å². The number of rotatable bonds is 6. The zero-order valence-corrected chi connectivity index (χ0v) is 13.5. The maximum atomic E-state index is 12.1. The summed E-state index contributed by atoms with van der Waals surface area (Å²) in [7, 11) is 0. The zero-order valence-electron chi connectivity index (χ0n) is 11.8. The lowest BCUT2D eigenvalue weighted by molar-refractivity contribution is 0.0520. The number of hydrogen-bond acceptors (Lipinski definition) is 6. The summed E-state index contributed by atoms with van der Waals surface area (Å²) in [5, 5.41) is 6.50. The van der Waals surface area contributed by atoms with Crippen LogP contribution in [0.25, 0.3) is 0 Å². The molecule has 2 heterocycles. The molecule has 0 spiro atoms. The summed E-state index contributed by atoms with van der Waals surface area (Å²) in [5.74, 6) is -0.687. The molecule has 1 N–H and O–H groups in total. The molecule has 0 bridgehead atoms. The van der Waals surface area contributed by atoms with Gasteiger partial charge < -0.3 is 4.74 Å². The molecule has 0 aliphatic heterocycles. The molecule has 7 heteroatoms. The Morgan fingerprint density at radius 2 is 2.10 bits per heavy atom. The largest absolute Gasteiger partial charge is 0.461 e. The highest BCUT2D eigenvalue weighted by atomic mass is 32.1. The van der Waals surface area contributed by atoms with Gasteiger partial charge in [0.1, 0.15) is 0 Å². The summed E-state index contributed by atoms with van der Waals surface area (Å²) in [6.07, 6.45) is 2.03. The summed E-state index contributed by atoms with van der Waals surface area (Å²) in [6, 6.07) is 1.89. The van der Waals surface area contributed by atoms with E-state index < -0.39 is 5.97 Å². The Labute approximate surface area is 131 Å². The first kappa shape index (κ1) is 15.7. The van der Waals surface area contributed by atoms with Gasteiger partial charge in [-0.1, -0.05) is 13.3 Å². The number of amides is 1. The highest BCUT2D eigenvalue weighted by Gasteiger charge is 2.14. The van der Waals surface area contributed by atoms with Crippen LogP contribution in [0.4, 0.5) is 5.13 Å². The van der Waals surface area contributed by atoms with E-state index in [-0.39, 0.29) is 11.6 Å². The topological polar surface area (TPSA) is 68.3 Å². The van der Waals surface area contributed by atoms with Crippen molar-refractivity contribution in [1.82, 2.24) is 4.98 Å². The van der Waals surface area contributed by atoms with Crippen molar-refractivity contribution < 1.29 is 14.3 Å². The Balaban J connectivity index is 2.00. The molecule has 0 atom stereocenters. The fourth-order valence-corrected chi connectivity index (χ4v) is 3.32. The van der Waals surface area contributed by atoms with Crippen LogP contribution in [0.15, 0.2) is 16.8 Å². The fourth-order valence-electron chi connectivity index (χ4n) is 1.68. The summed E-state index contributed by atoms with van der Waals surface area (Å²) in [4.78, 5) is 28.8. The van der Waals surface area contributed by atoms with Crippen LogP contribution in [0, 0.1) is 0 Å². The quantitative estimate of drug-likeness (QED) is 0.825. The van der Waals surface area contributed by atoms with E-state index in [1.54, 1.807) is 23.6 Å². The lowest BCUT2D eigenvalue weighted by Gasteiger charge is -1.99. The third kappa shape index (κ3) is 4.12. The maximum Gasteiger partial charge on any atom is 0.357 e. The Hall–Kier alpha value is -1.73. The van der Waals surface area contributed by atoms with Crippen LogP contribution < -0.4 is 5.32 Å². The summed E-state index contributed by atoms with van der Waals surface area (Å²) in [5.41, 5.74) is 0.838. The number of thiophene rings is 1. The van der Waals surface area contributed by atoms with Gasteiger partial charge in [-0.3, -0.25) is 10.1 Å². The number of carbonyl (C=O) groups excluding carboxylic acids is 2. The first-order valence-corrected chi connectivity index (χ1v) is 8.41. The number of aromatic nitrogens is 1. The molecular formula is C14H16N2O3S2. The van der Waals surface area contributed by atoms with Crippen molar-refractivity contribution in [2.45, 2.75) is 26.7 Å². The lowest BCUT2D eigenvalue weighted by atomic mass is 10.2. The standard InChI is InChI=1S/C14H16N2O3S2/c1-3-5-10-6-9(7-20-10)12(17)16-14-15-11(8-21-14)13(18)19-4-2/h6-8H,3-5H2,1-2H3,(H,15,16,17). The van der Waals surface area contributed by atoms with Gasteiger partial charge in [0.15, 0.2) is 10.8 Å². The van der Waals surface area contributed by atoms with Crippen molar-refractivity contribution in [2.75, 3.05) is 11.9 Å². The number of ether oxygens (including phenoxy) is 1. The Morgan fingerprint density at radius 3 is 2.81 bits per heavy atom. The number of nitrogens with zero attached hydrogens (tertiary/aromatic N) is 1. The molecule has 2 rings (SSSR count). The van der Waals surface area contributed by atoms with E-state index in [1.165, 1.54) is 16.2 Å². The van der Waals surface area contributed by atoms with Gasteiger partial charge >= 0.3 is 5.97 Å². The second-order valence-corrected chi connectivity index (χ2v) is 6.12. The van der Waals surface area contributed by atoms with Crippen LogP contribution in [0.2, 0.25) is 0 Å². The molecule has 0 unspecified atom stereocenters. The van der Waals surface area contributed by atoms with Crippen LogP contribution in [-0.2, 0) is 11.2 Å². The predicted molar refractivity (Wildman–Crippen MR) is 84.3 cm³/mol. The molecule has 2 aromatic rings. The molecule has 0 aliphatic carbocycles. The fraction of sp³-hybridized carbons (Fsp3) is 0.357. The van der Waals surface area contributed by atoms with Crippen molar-refractivity contribution in [3.8, 4) is 0 Å². The smallest absolute Gasteiger partial charge is 0.357 e. The van der Waals surface area contributed by atoms with Crippen molar-refractivity contribution in [3.05, 3.63) is 33.0 Å². The van der Waals surface area contributed by atoms with Crippen molar-refractivity contribution >= 4 is 39.7 Å². The third-order valence-electron chi connectivity index (χ3n) is 2.62. The normalized spacial score (nSPS) is 10.4. The molecule has 1 amide bonds. The van der Waals surface area contributed by atoms with Gasteiger partial charge in [-0.05, 0) is 19.4 Å². The minimum atomic E-state index is -0.477. The Bertz CT molecular complexity index is 634. The van der Waals surface area contributed by atoms with Gasteiger partial charge in [0.2, 0.25) is 0 Å². The molecule has 0 radical (unpaired) electrons. The molecule has 0 aromatic carbocycles. The van der Waals surface area contributed by atoms with Crippen LogP contribution in [0.5, 0.6) is 0 Å². The number of aryl methyl sites for hydroxylation is 1. The number of thiazole rings is 1. The number of hydrogen-bond donors (Lipinski definition) is 1. The number of anilines is 1. The van der Waals surface area contributed by atoms with Gasteiger partial charge in [0, 0.05) is 15.6 Å². The first-order valence-electron chi connectivity index (χ1n) is 6.65. The van der Waals surface area contributed by atoms with E-state index >= 15 is 0 Å². The van der Waals surface area contributed by atoms with Crippen LogP contribution in [-0.4, -0.2) is 23.5 Å². The third-order valence-corrected chi connectivity index (χ3v) is 4.38. The number of esters is 1. The molecule has 21 heavy (non-hydrogen) atoms. The molecular weight excluding hydrogens is 308 g/mol. The minimum absolute atomic E-state index is 0.210. The highest BCUT2D eigenvalue weighted by Crippen LogP contribution is 2.20. The van der Waals surface area contributed by atoms with E-state index in [2.05, 4.69) is 17.2 Å². The maximum absolute atomic E-state index is 12.1. The van der Waals surface area contributed by atoms with E-state index in [4.69, 9.17) is 4.74 Å². The minimum Gasteiger partial charge on any atom is -0.461 e. The van der Waals surface area contributed by atoms with Crippen molar-refractivity contribution in [3.63, 3.8) is 0 Å². The van der Waals surface area contributed by atoms with E-state index in [1.807, 2.05) is 11.4 Å². The van der Waals surface area contributed by atoms with E-state index in [9.17, 15) is 9.59 Å². The van der Waals surface area contributed by atoms with Gasteiger partial charge in [0.25, 0.3) is 5.91 Å². The SMILES string of the molecule is CCCc1cc(C(=O)Nc2nc(C(=O)OCC)cs2)cs1. The first-order chi connectivity index (χ1) is 10.1. The molecule has 0 saturated carbocycles. The highest BCUT2D eigenvalue weighted by molar-refractivity contribution is 7.14. The number of nitrogens with one attached hydrogen (secondary N) is 1. The van der Waals surface area contributed by atoms with Gasteiger partial charge in [-0.15, -0.1) is 22.7 Å². The molecule has 2 aromatic heterocycles. The van der Waals surface area contributed by atoms with Gasteiger partial charge in [0.05, 0.1) is 12.2 Å². The second kappa shape index (κ2) is 7.33. The molecule has 0 saturated heterocycles. The molecule has 0 fully saturated rings. The van der Waals surface area contributed by atoms with Crippen LogP contribution in [0.3, 0.4) is 0 Å². The molecule has 0 aliphatic rings. The van der Waals surface area contributed by atoms with E-state index in [0.717, 1.165) is 12.8 Å².